The average molecular weight is 757 g/mol. The zero-order chi connectivity index (χ0) is 39.3. The Morgan fingerprint density at radius 2 is 1.40 bits per heavy atom. The van der Waals surface area contributed by atoms with E-state index >= 15 is 0 Å². The van der Waals surface area contributed by atoms with Crippen molar-refractivity contribution in [1.82, 2.24) is 21.3 Å². The first-order valence-corrected chi connectivity index (χ1v) is 18.9. The van der Waals surface area contributed by atoms with Crippen molar-refractivity contribution < 1.29 is 52.1 Å². The van der Waals surface area contributed by atoms with E-state index in [9.17, 15) is 47.4 Å². The van der Waals surface area contributed by atoms with E-state index in [1.54, 1.807) is 44.2 Å². The second-order valence-electron chi connectivity index (χ2n) is 13.5. The zero-order valence-corrected chi connectivity index (χ0v) is 30.9. The van der Waals surface area contributed by atoms with Crippen molar-refractivity contribution in [2.75, 3.05) is 0 Å². The lowest BCUT2D eigenvalue weighted by atomic mass is 9.93. The molecule has 6 N–H and O–H groups in total. The van der Waals surface area contributed by atoms with Crippen LogP contribution in [0.4, 0.5) is 4.79 Å². The number of amides is 4. The molecule has 0 heterocycles. The van der Waals surface area contributed by atoms with Crippen molar-refractivity contribution in [2.45, 2.75) is 95.8 Å². The number of fused-ring (bicyclic) bond motifs is 1. The Hall–Kier alpha value is -5.25. The quantitative estimate of drug-likeness (QED) is 0.122. The maximum Gasteiger partial charge on any atom is 0.408 e. The molecule has 0 fully saturated rings. The molecule has 3 rings (SSSR count). The van der Waals surface area contributed by atoms with Gasteiger partial charge in [0.2, 0.25) is 17.7 Å². The van der Waals surface area contributed by atoms with Crippen LogP contribution in [0.15, 0.2) is 66.1 Å². The largest absolute Gasteiger partial charge is 0.481 e. The third kappa shape index (κ3) is 13.3. The maximum atomic E-state index is 14.1. The zero-order valence-electron chi connectivity index (χ0n) is 30.1. The fourth-order valence-corrected chi connectivity index (χ4v) is 6.41. The SMILES string of the molecule is CC(C)C(NC(=O)C(NC(=O)C(CCC(=O)O)NC(=O)OCc1ccccc1)C1Cc2ccccc2C1)C(=O)NC(C=CS(=O)(=O)C(C)C)CC(=O)O. The van der Waals surface area contributed by atoms with Gasteiger partial charge >= 0.3 is 18.0 Å². The Bertz CT molecular complexity index is 1740. The van der Waals surface area contributed by atoms with Gasteiger partial charge in [-0.05, 0) is 61.6 Å². The minimum absolute atomic E-state index is 0.111. The second kappa shape index (κ2) is 19.5. The Labute approximate surface area is 308 Å². The highest BCUT2D eigenvalue weighted by molar-refractivity contribution is 7.94. The molecule has 288 valence electrons. The number of carbonyl (C=O) groups excluding carboxylic acids is 4. The molecule has 15 nitrogen and oxygen atoms in total. The minimum atomic E-state index is -3.72. The summed E-state index contributed by atoms with van der Waals surface area (Å²) in [6.45, 7) is 6.08. The van der Waals surface area contributed by atoms with E-state index in [4.69, 9.17) is 4.74 Å². The van der Waals surface area contributed by atoms with E-state index in [0.29, 0.717) is 18.4 Å². The monoisotopic (exact) mass is 756 g/mol. The molecule has 4 atom stereocenters. The molecule has 0 spiro atoms. The number of hydrogen-bond acceptors (Lipinski definition) is 9. The van der Waals surface area contributed by atoms with Crippen LogP contribution in [0, 0.1) is 11.8 Å². The van der Waals surface area contributed by atoms with E-state index < -0.39 is 99.7 Å². The first-order valence-electron chi connectivity index (χ1n) is 17.3. The summed E-state index contributed by atoms with van der Waals surface area (Å²) in [6, 6.07) is 11.1. The van der Waals surface area contributed by atoms with Gasteiger partial charge in [0.25, 0.3) is 0 Å². The molecule has 4 amide bonds. The molecule has 0 radical (unpaired) electrons. The van der Waals surface area contributed by atoms with E-state index in [1.165, 1.54) is 13.8 Å². The van der Waals surface area contributed by atoms with Gasteiger partial charge in [-0.15, -0.1) is 0 Å². The Morgan fingerprint density at radius 3 is 1.94 bits per heavy atom. The van der Waals surface area contributed by atoms with Crippen LogP contribution in [0.2, 0.25) is 0 Å². The fraction of sp³-hybridized carbons (Fsp3) is 0.459. The van der Waals surface area contributed by atoms with Crippen LogP contribution in [0.3, 0.4) is 0 Å². The third-order valence-corrected chi connectivity index (χ3v) is 10.6. The Balaban J connectivity index is 1.85. The molecule has 0 saturated heterocycles. The van der Waals surface area contributed by atoms with Gasteiger partial charge in [-0.2, -0.15) is 0 Å². The van der Waals surface area contributed by atoms with Crippen LogP contribution in [0.1, 0.15) is 63.6 Å². The first kappa shape index (κ1) is 42.2. The number of hydrogen-bond donors (Lipinski definition) is 6. The number of nitrogens with one attached hydrogen (secondary N) is 4. The lowest BCUT2D eigenvalue weighted by Gasteiger charge is -2.30. The molecule has 0 saturated carbocycles. The van der Waals surface area contributed by atoms with Gasteiger partial charge in [0.05, 0.1) is 17.7 Å². The van der Waals surface area contributed by atoms with Crippen molar-refractivity contribution in [3.8, 4) is 0 Å². The molecule has 16 heteroatoms. The molecule has 1 aliphatic rings. The molecular formula is C37H48N4O11S. The van der Waals surface area contributed by atoms with Crippen LogP contribution in [0.5, 0.6) is 0 Å². The Kier molecular flexibility index (Phi) is 15.6. The number of ether oxygens (including phenoxy) is 1. The smallest absolute Gasteiger partial charge is 0.408 e. The summed E-state index contributed by atoms with van der Waals surface area (Å²) in [7, 11) is -3.72. The number of rotatable bonds is 19. The van der Waals surface area contributed by atoms with Crippen LogP contribution >= 0.6 is 0 Å². The molecule has 0 aliphatic heterocycles. The highest BCUT2D eigenvalue weighted by Crippen LogP contribution is 2.29. The molecule has 2 aromatic rings. The lowest BCUT2D eigenvalue weighted by Crippen LogP contribution is -2.60. The molecule has 53 heavy (non-hydrogen) atoms. The number of carboxylic acids is 2. The number of carbonyl (C=O) groups is 6. The molecular weight excluding hydrogens is 708 g/mol. The van der Waals surface area contributed by atoms with Gasteiger partial charge in [-0.1, -0.05) is 74.5 Å². The summed E-state index contributed by atoms with van der Waals surface area (Å²) < 4.78 is 29.9. The van der Waals surface area contributed by atoms with Crippen LogP contribution < -0.4 is 21.3 Å². The fourth-order valence-electron chi connectivity index (χ4n) is 5.69. The molecule has 1 aliphatic carbocycles. The highest BCUT2D eigenvalue weighted by Gasteiger charge is 2.38. The molecule has 0 aromatic heterocycles. The second-order valence-corrected chi connectivity index (χ2v) is 15.9. The number of aliphatic carboxylic acids is 2. The van der Waals surface area contributed by atoms with E-state index in [2.05, 4.69) is 21.3 Å². The number of benzene rings is 2. The molecule has 2 aromatic carbocycles. The topological polar surface area (TPSA) is 234 Å². The van der Waals surface area contributed by atoms with Crippen LogP contribution in [0.25, 0.3) is 0 Å². The molecule has 0 bridgehead atoms. The average Bonchev–Trinajstić information content (AvgIpc) is 3.53. The van der Waals surface area contributed by atoms with Gasteiger partial charge in [0.1, 0.15) is 24.7 Å². The van der Waals surface area contributed by atoms with Crippen molar-refractivity contribution in [3.05, 3.63) is 82.8 Å². The van der Waals surface area contributed by atoms with Crippen molar-refractivity contribution in [1.29, 1.82) is 0 Å². The standard InChI is InChI=1S/C37H48N4O11S/c1-22(2)32(35(47)38-28(20-31(44)45)16-17-53(50,51)23(3)4)40-36(48)33(27-18-25-12-8-9-13-26(25)19-27)41-34(46)29(14-15-30(42)43)39-37(49)52-21-24-10-6-5-7-11-24/h5-13,16-17,22-23,27-29,32-33H,14-15,18-21H2,1-4H3,(H,38,47)(H,39,49)(H,40,48)(H,41,46)(H,42,43)(H,44,45). The first-order chi connectivity index (χ1) is 25.0. The predicted octanol–water partition coefficient (Wildman–Crippen LogP) is 2.48. The summed E-state index contributed by atoms with van der Waals surface area (Å²) in [5.74, 6) is -5.94. The van der Waals surface area contributed by atoms with Crippen LogP contribution in [-0.2, 0) is 58.0 Å². The van der Waals surface area contributed by atoms with Crippen LogP contribution in [-0.4, -0.2) is 83.8 Å². The minimum Gasteiger partial charge on any atom is -0.481 e. The van der Waals surface area contributed by atoms with E-state index in [0.717, 1.165) is 22.6 Å². The number of alkyl carbamates (subject to hydrolysis) is 1. The number of sulfone groups is 1. The lowest BCUT2D eigenvalue weighted by molar-refractivity contribution is -0.138. The van der Waals surface area contributed by atoms with Gasteiger partial charge in [-0.25, -0.2) is 13.2 Å². The maximum absolute atomic E-state index is 14.1. The highest BCUT2D eigenvalue weighted by atomic mass is 32.2. The summed E-state index contributed by atoms with van der Waals surface area (Å²) in [6.07, 6.45) is -0.562. The van der Waals surface area contributed by atoms with Crippen molar-refractivity contribution in [2.24, 2.45) is 11.8 Å². The third-order valence-electron chi connectivity index (χ3n) is 8.73. The van der Waals surface area contributed by atoms with Crippen molar-refractivity contribution in [3.63, 3.8) is 0 Å². The normalized spacial score (nSPS) is 15.2. The van der Waals surface area contributed by atoms with Gasteiger partial charge in [0, 0.05) is 11.8 Å². The summed E-state index contributed by atoms with van der Waals surface area (Å²) in [5.41, 5.74) is 2.58. The summed E-state index contributed by atoms with van der Waals surface area (Å²) in [5, 5.41) is 29.1. The van der Waals surface area contributed by atoms with E-state index in [1.807, 2.05) is 24.3 Å². The van der Waals surface area contributed by atoms with Crippen molar-refractivity contribution >= 4 is 45.6 Å². The predicted molar refractivity (Wildman–Crippen MR) is 194 cm³/mol. The van der Waals surface area contributed by atoms with Gasteiger partial charge in [0.15, 0.2) is 9.84 Å². The van der Waals surface area contributed by atoms with Gasteiger partial charge in [-0.3, -0.25) is 24.0 Å². The summed E-state index contributed by atoms with van der Waals surface area (Å²) >= 11 is 0. The van der Waals surface area contributed by atoms with E-state index in [-0.39, 0.29) is 13.0 Å². The number of carboxylic acid groups (broad SMARTS) is 2. The molecule has 4 unspecified atom stereocenters. The van der Waals surface area contributed by atoms with Gasteiger partial charge < -0.3 is 36.2 Å². The summed E-state index contributed by atoms with van der Waals surface area (Å²) in [4.78, 5) is 77.2. The Morgan fingerprint density at radius 1 is 0.792 bits per heavy atom.